The van der Waals surface area contributed by atoms with Crippen molar-refractivity contribution in [2.24, 2.45) is 11.8 Å². The lowest BCUT2D eigenvalue weighted by Crippen LogP contribution is -2.64. The van der Waals surface area contributed by atoms with Gasteiger partial charge in [0.2, 0.25) is 0 Å². The lowest BCUT2D eigenvalue weighted by molar-refractivity contribution is 0.0177. The van der Waals surface area contributed by atoms with Crippen LogP contribution in [0.25, 0.3) is 0 Å². The Morgan fingerprint density at radius 2 is 2.09 bits per heavy atom. The minimum absolute atomic E-state index is 0.145. The first-order valence-corrected chi connectivity index (χ1v) is 8.67. The molecule has 2 fully saturated rings. The molecule has 0 bridgehead atoms. The van der Waals surface area contributed by atoms with Gasteiger partial charge in [0.15, 0.2) is 0 Å². The number of aromatic hydroxyl groups is 1. The minimum Gasteiger partial charge on any atom is -0.508 e. The summed E-state index contributed by atoms with van der Waals surface area (Å²) >= 11 is 0. The molecule has 22 heavy (non-hydrogen) atoms. The molecule has 122 valence electrons. The van der Waals surface area contributed by atoms with Crippen LogP contribution in [0.5, 0.6) is 5.75 Å². The summed E-state index contributed by atoms with van der Waals surface area (Å²) in [5.41, 5.74) is 1.43. The number of rotatable bonds is 2. The van der Waals surface area contributed by atoms with Crippen molar-refractivity contribution >= 4 is 0 Å². The summed E-state index contributed by atoms with van der Waals surface area (Å²) in [6, 6.07) is 9.11. The lowest BCUT2D eigenvalue weighted by atomic mass is 9.65. The lowest BCUT2D eigenvalue weighted by Gasteiger charge is -2.53. The molecule has 2 saturated heterocycles. The van der Waals surface area contributed by atoms with Crippen LogP contribution in [0.3, 0.4) is 0 Å². The van der Waals surface area contributed by atoms with Crippen molar-refractivity contribution in [1.29, 1.82) is 0 Å². The summed E-state index contributed by atoms with van der Waals surface area (Å²) in [5.74, 6) is 1.67. The molecular weight excluding hydrogens is 272 g/mol. The van der Waals surface area contributed by atoms with Crippen LogP contribution in [0.4, 0.5) is 0 Å². The third-order valence-electron chi connectivity index (χ3n) is 6.13. The molecule has 2 aliphatic heterocycles. The molecule has 1 aromatic rings. The molecule has 3 rings (SSSR count). The predicted octanol–water partition coefficient (Wildman–Crippen LogP) is 2.99. The maximum absolute atomic E-state index is 9.85. The van der Waals surface area contributed by atoms with Crippen LogP contribution in [0.2, 0.25) is 0 Å². The molecule has 3 nitrogen and oxygen atoms in total. The van der Waals surface area contributed by atoms with Crippen molar-refractivity contribution < 1.29 is 5.11 Å². The van der Waals surface area contributed by atoms with E-state index in [0.717, 1.165) is 19.5 Å². The van der Waals surface area contributed by atoms with E-state index in [4.69, 9.17) is 0 Å². The molecule has 0 amide bonds. The fourth-order valence-electron chi connectivity index (χ4n) is 4.26. The third-order valence-corrected chi connectivity index (χ3v) is 6.13. The maximum Gasteiger partial charge on any atom is 0.115 e. The Labute approximate surface area is 134 Å². The van der Waals surface area contributed by atoms with Crippen molar-refractivity contribution in [2.75, 3.05) is 19.6 Å². The highest BCUT2D eigenvalue weighted by molar-refractivity contribution is 5.34. The number of nitrogens with one attached hydrogen (secondary N) is 1. The Hall–Kier alpha value is -1.06. The topological polar surface area (TPSA) is 35.5 Å². The van der Waals surface area contributed by atoms with Gasteiger partial charge in [0.1, 0.15) is 5.75 Å². The van der Waals surface area contributed by atoms with Crippen molar-refractivity contribution in [3.63, 3.8) is 0 Å². The smallest absolute Gasteiger partial charge is 0.115 e. The van der Waals surface area contributed by atoms with Gasteiger partial charge in [-0.25, -0.2) is 0 Å². The zero-order chi connectivity index (χ0) is 15.9. The average Bonchev–Trinajstić information content (AvgIpc) is 2.48. The average molecular weight is 302 g/mol. The number of piperazine rings is 1. The van der Waals surface area contributed by atoms with Crippen molar-refractivity contribution in [3.05, 3.63) is 29.8 Å². The molecule has 4 atom stereocenters. The van der Waals surface area contributed by atoms with Gasteiger partial charge in [-0.05, 0) is 41.4 Å². The predicted molar refractivity (Wildman–Crippen MR) is 91.2 cm³/mol. The monoisotopic (exact) mass is 302 g/mol. The fourth-order valence-corrected chi connectivity index (χ4v) is 4.26. The largest absolute Gasteiger partial charge is 0.508 e. The number of benzene rings is 1. The van der Waals surface area contributed by atoms with Gasteiger partial charge in [0, 0.05) is 31.7 Å². The molecule has 2 aliphatic rings. The minimum atomic E-state index is 0.145. The summed E-state index contributed by atoms with van der Waals surface area (Å²) in [4.78, 5) is 2.69. The molecule has 0 radical (unpaired) electrons. The first-order valence-electron chi connectivity index (χ1n) is 8.67. The number of hydrogen-bond acceptors (Lipinski definition) is 3. The maximum atomic E-state index is 9.85. The standard InChI is InChI=1S/C19H30N2O/c1-13(2)18-12-21-11-14(3)19(4,9-16(21)10-20-18)15-6-5-7-17(22)8-15/h5-8,13-14,16,18,20,22H,9-12H2,1-4H3/t14-,16+,18+,19+/m0/s1. The van der Waals surface area contributed by atoms with Crippen molar-refractivity contribution in [2.45, 2.75) is 51.6 Å². The molecule has 2 N–H and O–H groups in total. The van der Waals surface area contributed by atoms with Gasteiger partial charge in [-0.15, -0.1) is 0 Å². The first-order chi connectivity index (χ1) is 10.4. The summed E-state index contributed by atoms with van der Waals surface area (Å²) in [7, 11) is 0. The van der Waals surface area contributed by atoms with Gasteiger partial charge in [0.25, 0.3) is 0 Å². The van der Waals surface area contributed by atoms with Crippen LogP contribution in [0.1, 0.15) is 39.7 Å². The van der Waals surface area contributed by atoms with Crippen LogP contribution in [-0.4, -0.2) is 41.7 Å². The zero-order valence-electron chi connectivity index (χ0n) is 14.3. The van der Waals surface area contributed by atoms with Gasteiger partial charge < -0.3 is 10.4 Å². The Balaban J connectivity index is 1.80. The Kier molecular flexibility index (Phi) is 4.21. The second-order valence-electron chi connectivity index (χ2n) is 7.94. The van der Waals surface area contributed by atoms with Gasteiger partial charge in [-0.3, -0.25) is 4.90 Å². The van der Waals surface area contributed by atoms with E-state index in [1.165, 1.54) is 12.1 Å². The van der Waals surface area contributed by atoms with Crippen LogP contribution in [0.15, 0.2) is 24.3 Å². The van der Waals surface area contributed by atoms with E-state index >= 15 is 0 Å². The van der Waals surface area contributed by atoms with E-state index in [-0.39, 0.29) is 5.41 Å². The van der Waals surface area contributed by atoms with Crippen molar-refractivity contribution in [1.82, 2.24) is 10.2 Å². The molecule has 0 aromatic heterocycles. The number of phenols is 1. The SMILES string of the molecule is CC(C)[C@H]1CN2C[C@H](C)[C@](C)(c3cccc(O)c3)C[C@@H]2CN1. The Morgan fingerprint density at radius 3 is 2.77 bits per heavy atom. The summed E-state index contributed by atoms with van der Waals surface area (Å²) in [6.07, 6.45) is 1.16. The van der Waals surface area contributed by atoms with E-state index in [9.17, 15) is 5.11 Å². The number of fused-ring (bicyclic) bond motifs is 1. The Morgan fingerprint density at radius 1 is 1.32 bits per heavy atom. The second kappa shape index (κ2) is 5.86. The van der Waals surface area contributed by atoms with Crippen LogP contribution < -0.4 is 5.32 Å². The van der Waals surface area contributed by atoms with E-state index in [0.29, 0.717) is 29.7 Å². The van der Waals surface area contributed by atoms with E-state index in [1.807, 2.05) is 12.1 Å². The number of phenolic OH excluding ortho intramolecular Hbond substituents is 1. The fraction of sp³-hybridized carbons (Fsp3) is 0.684. The number of piperidine rings is 1. The van der Waals surface area contributed by atoms with E-state index in [2.05, 4.69) is 44.0 Å². The van der Waals surface area contributed by atoms with Crippen LogP contribution in [0, 0.1) is 11.8 Å². The summed E-state index contributed by atoms with van der Waals surface area (Å²) in [6.45, 7) is 12.8. The molecule has 1 aromatic carbocycles. The summed E-state index contributed by atoms with van der Waals surface area (Å²) in [5, 5.41) is 13.6. The van der Waals surface area contributed by atoms with Crippen LogP contribution in [-0.2, 0) is 5.41 Å². The first kappa shape index (κ1) is 15.8. The molecule has 0 aliphatic carbocycles. The van der Waals surface area contributed by atoms with E-state index in [1.54, 1.807) is 6.07 Å². The van der Waals surface area contributed by atoms with Crippen molar-refractivity contribution in [3.8, 4) is 5.75 Å². The zero-order valence-corrected chi connectivity index (χ0v) is 14.3. The molecular formula is C19H30N2O. The highest BCUT2D eigenvalue weighted by atomic mass is 16.3. The Bertz CT molecular complexity index is 530. The highest BCUT2D eigenvalue weighted by Crippen LogP contribution is 2.43. The second-order valence-corrected chi connectivity index (χ2v) is 7.94. The molecule has 0 saturated carbocycles. The third kappa shape index (κ3) is 2.77. The molecule has 2 heterocycles. The highest BCUT2D eigenvalue weighted by Gasteiger charge is 2.44. The normalized spacial score (nSPS) is 36.3. The number of hydrogen-bond donors (Lipinski definition) is 2. The quantitative estimate of drug-likeness (QED) is 0.881. The molecule has 0 unspecified atom stereocenters. The van der Waals surface area contributed by atoms with Gasteiger partial charge >= 0.3 is 0 Å². The summed E-state index contributed by atoms with van der Waals surface area (Å²) < 4.78 is 0. The van der Waals surface area contributed by atoms with E-state index < -0.39 is 0 Å². The van der Waals surface area contributed by atoms with Crippen LogP contribution >= 0.6 is 0 Å². The van der Waals surface area contributed by atoms with Gasteiger partial charge in [-0.1, -0.05) is 39.8 Å². The number of nitrogens with zero attached hydrogens (tertiary/aromatic N) is 1. The molecule has 0 spiro atoms. The molecule has 3 heteroatoms. The van der Waals surface area contributed by atoms with Gasteiger partial charge in [-0.2, -0.15) is 0 Å². The van der Waals surface area contributed by atoms with Gasteiger partial charge in [0.05, 0.1) is 0 Å².